The van der Waals surface area contributed by atoms with Crippen molar-refractivity contribution in [1.29, 1.82) is 0 Å². The molecule has 1 aromatic carbocycles. The molecule has 0 fully saturated rings. The topological polar surface area (TPSA) is 52.0 Å². The quantitative estimate of drug-likeness (QED) is 0.743. The number of nitrogens with zero attached hydrogens (tertiary/aromatic N) is 2. The molecule has 2 aromatic heterocycles. The third-order valence-electron chi connectivity index (χ3n) is 2.96. The second-order valence-corrected chi connectivity index (χ2v) is 5.62. The Morgan fingerprint density at radius 1 is 1.30 bits per heavy atom. The van der Waals surface area contributed by atoms with Crippen LogP contribution in [0.1, 0.15) is 6.92 Å². The molecule has 0 amide bonds. The zero-order valence-corrected chi connectivity index (χ0v) is 11.7. The Bertz CT molecular complexity index is 834. The van der Waals surface area contributed by atoms with Gasteiger partial charge in [-0.15, -0.1) is 11.3 Å². The predicted molar refractivity (Wildman–Crippen MR) is 80.0 cm³/mol. The van der Waals surface area contributed by atoms with E-state index in [1.165, 1.54) is 29.2 Å². The van der Waals surface area contributed by atoms with Gasteiger partial charge in [0.1, 0.15) is 10.5 Å². The maximum Gasteiger partial charge on any atom is 0.271 e. The molecule has 0 N–H and O–H groups in total. The smallest absolute Gasteiger partial charge is 0.271 e. The summed E-state index contributed by atoms with van der Waals surface area (Å²) in [6.45, 7) is 1.53. The standard InChI is InChI=1S/C15H12N2O2S/c1-10(18)8-17-9-16-12-7-13(20-14(12)15(17)19)11-5-3-2-4-6-11/h2-7,9H,8H2,1H3. The summed E-state index contributed by atoms with van der Waals surface area (Å²) >= 11 is 1.41. The summed E-state index contributed by atoms with van der Waals surface area (Å²) in [5, 5.41) is 0. The van der Waals surface area contributed by atoms with Gasteiger partial charge in [-0.05, 0) is 18.6 Å². The Morgan fingerprint density at radius 3 is 2.75 bits per heavy atom. The highest BCUT2D eigenvalue weighted by Crippen LogP contribution is 2.30. The lowest BCUT2D eigenvalue weighted by Crippen LogP contribution is -2.22. The van der Waals surface area contributed by atoms with E-state index in [0.29, 0.717) is 10.2 Å². The lowest BCUT2D eigenvalue weighted by atomic mass is 10.2. The molecule has 5 heteroatoms. The molecule has 0 aliphatic carbocycles. The average Bonchev–Trinajstić information content (AvgIpc) is 2.87. The number of ketones is 1. The number of hydrogen-bond donors (Lipinski definition) is 0. The second-order valence-electron chi connectivity index (χ2n) is 4.57. The zero-order valence-electron chi connectivity index (χ0n) is 10.9. The van der Waals surface area contributed by atoms with Crippen molar-refractivity contribution in [2.24, 2.45) is 0 Å². The van der Waals surface area contributed by atoms with Gasteiger partial charge < -0.3 is 0 Å². The maximum atomic E-state index is 12.3. The molecule has 3 rings (SSSR count). The maximum absolute atomic E-state index is 12.3. The molecular formula is C15H12N2O2S. The number of carbonyl (C=O) groups is 1. The van der Waals surface area contributed by atoms with Crippen LogP contribution < -0.4 is 5.56 Å². The van der Waals surface area contributed by atoms with E-state index in [0.717, 1.165) is 10.4 Å². The van der Waals surface area contributed by atoms with Gasteiger partial charge in [0, 0.05) is 4.88 Å². The Labute approximate surface area is 119 Å². The van der Waals surface area contributed by atoms with Crippen molar-refractivity contribution >= 4 is 27.3 Å². The third-order valence-corrected chi connectivity index (χ3v) is 4.12. The Hall–Kier alpha value is -2.27. The van der Waals surface area contributed by atoms with Crippen LogP contribution in [0.3, 0.4) is 0 Å². The normalized spacial score (nSPS) is 10.8. The van der Waals surface area contributed by atoms with Crippen LogP contribution in [-0.4, -0.2) is 15.3 Å². The van der Waals surface area contributed by atoms with E-state index in [1.807, 2.05) is 36.4 Å². The van der Waals surface area contributed by atoms with Gasteiger partial charge >= 0.3 is 0 Å². The van der Waals surface area contributed by atoms with Gasteiger partial charge in [-0.1, -0.05) is 30.3 Å². The van der Waals surface area contributed by atoms with E-state index < -0.39 is 0 Å². The SMILES string of the molecule is CC(=O)Cn1cnc2cc(-c3ccccc3)sc2c1=O. The first kappa shape index (κ1) is 12.7. The number of fused-ring (bicyclic) bond motifs is 1. The number of thiophene rings is 1. The molecule has 0 aliphatic rings. The highest BCUT2D eigenvalue weighted by Gasteiger charge is 2.10. The molecule has 0 saturated heterocycles. The minimum atomic E-state index is -0.155. The van der Waals surface area contributed by atoms with Crippen LogP contribution in [0.25, 0.3) is 20.7 Å². The first-order valence-electron chi connectivity index (χ1n) is 6.19. The Morgan fingerprint density at radius 2 is 2.05 bits per heavy atom. The lowest BCUT2D eigenvalue weighted by molar-refractivity contribution is -0.117. The summed E-state index contributed by atoms with van der Waals surface area (Å²) in [6, 6.07) is 11.8. The van der Waals surface area contributed by atoms with Gasteiger partial charge in [0.05, 0.1) is 18.4 Å². The van der Waals surface area contributed by atoms with Crippen LogP contribution in [-0.2, 0) is 11.3 Å². The van der Waals surface area contributed by atoms with E-state index in [2.05, 4.69) is 4.98 Å². The molecule has 0 bridgehead atoms. The fraction of sp³-hybridized carbons (Fsp3) is 0.133. The summed E-state index contributed by atoms with van der Waals surface area (Å²) in [5.41, 5.74) is 1.59. The lowest BCUT2D eigenvalue weighted by Gasteiger charge is -2.00. The van der Waals surface area contributed by atoms with Gasteiger partial charge in [0.25, 0.3) is 5.56 Å². The fourth-order valence-electron chi connectivity index (χ4n) is 2.04. The van der Waals surface area contributed by atoms with Gasteiger partial charge in [0.2, 0.25) is 0 Å². The van der Waals surface area contributed by atoms with Gasteiger partial charge in [-0.2, -0.15) is 0 Å². The average molecular weight is 284 g/mol. The number of aromatic nitrogens is 2. The molecule has 0 radical (unpaired) electrons. The summed E-state index contributed by atoms with van der Waals surface area (Å²) in [6.07, 6.45) is 1.44. The largest absolute Gasteiger partial charge is 0.298 e. The Kier molecular flexibility index (Phi) is 3.20. The number of carbonyl (C=O) groups excluding carboxylic acids is 1. The molecule has 20 heavy (non-hydrogen) atoms. The molecule has 0 saturated carbocycles. The van der Waals surface area contributed by atoms with E-state index in [9.17, 15) is 9.59 Å². The molecule has 4 nitrogen and oxygen atoms in total. The van der Waals surface area contributed by atoms with Gasteiger partial charge in [-0.25, -0.2) is 4.98 Å². The fourth-order valence-corrected chi connectivity index (χ4v) is 3.11. The van der Waals surface area contributed by atoms with E-state index >= 15 is 0 Å². The molecule has 2 heterocycles. The highest BCUT2D eigenvalue weighted by atomic mass is 32.1. The molecule has 100 valence electrons. The summed E-state index contributed by atoms with van der Waals surface area (Å²) in [7, 11) is 0. The van der Waals surface area contributed by atoms with Crippen molar-refractivity contribution < 1.29 is 4.79 Å². The molecule has 0 aliphatic heterocycles. The van der Waals surface area contributed by atoms with Crippen molar-refractivity contribution in [3.05, 3.63) is 53.1 Å². The number of benzene rings is 1. The van der Waals surface area contributed by atoms with Crippen LogP contribution in [0.5, 0.6) is 0 Å². The molecule has 0 spiro atoms. The van der Waals surface area contributed by atoms with Gasteiger partial charge in [-0.3, -0.25) is 14.2 Å². The number of hydrogen-bond acceptors (Lipinski definition) is 4. The first-order valence-corrected chi connectivity index (χ1v) is 7.00. The van der Waals surface area contributed by atoms with Crippen LogP contribution in [0.4, 0.5) is 0 Å². The molecular weight excluding hydrogens is 272 g/mol. The summed E-state index contributed by atoms with van der Waals surface area (Å²) in [4.78, 5) is 28.7. The number of rotatable bonds is 3. The van der Waals surface area contributed by atoms with E-state index in [4.69, 9.17) is 0 Å². The van der Waals surface area contributed by atoms with Crippen LogP contribution in [0.15, 0.2) is 47.5 Å². The van der Waals surface area contributed by atoms with Crippen molar-refractivity contribution in [1.82, 2.24) is 9.55 Å². The summed E-state index contributed by atoms with van der Waals surface area (Å²) in [5.74, 6) is -0.0620. The molecule has 0 unspecified atom stereocenters. The first-order chi connectivity index (χ1) is 9.65. The zero-order chi connectivity index (χ0) is 14.1. The van der Waals surface area contributed by atoms with Crippen molar-refractivity contribution in [3.8, 4) is 10.4 Å². The van der Waals surface area contributed by atoms with Crippen LogP contribution in [0, 0.1) is 0 Å². The monoisotopic (exact) mass is 284 g/mol. The highest BCUT2D eigenvalue weighted by molar-refractivity contribution is 7.22. The number of Topliss-reactive ketones (excluding diaryl/α,β-unsaturated/α-hetero) is 1. The summed E-state index contributed by atoms with van der Waals surface area (Å²) < 4.78 is 1.95. The Balaban J connectivity index is 2.15. The molecule has 3 aromatic rings. The van der Waals surface area contributed by atoms with Crippen molar-refractivity contribution in [2.75, 3.05) is 0 Å². The van der Waals surface area contributed by atoms with Crippen molar-refractivity contribution in [2.45, 2.75) is 13.5 Å². The third kappa shape index (κ3) is 2.28. The van der Waals surface area contributed by atoms with Crippen LogP contribution in [0.2, 0.25) is 0 Å². The van der Waals surface area contributed by atoms with E-state index in [1.54, 1.807) is 0 Å². The second kappa shape index (κ2) is 5.02. The van der Waals surface area contributed by atoms with Crippen LogP contribution >= 0.6 is 11.3 Å². The minimum Gasteiger partial charge on any atom is -0.298 e. The van der Waals surface area contributed by atoms with Crippen molar-refractivity contribution in [3.63, 3.8) is 0 Å². The minimum absolute atomic E-state index is 0.0620. The van der Waals surface area contributed by atoms with E-state index in [-0.39, 0.29) is 17.9 Å². The predicted octanol–water partition coefficient (Wildman–Crippen LogP) is 2.71. The molecule has 0 atom stereocenters. The van der Waals surface area contributed by atoms with Gasteiger partial charge in [0.15, 0.2) is 0 Å².